The predicted molar refractivity (Wildman–Crippen MR) is 85.4 cm³/mol. The molecule has 1 aromatic rings. The first kappa shape index (κ1) is 15.0. The van der Waals surface area contributed by atoms with Crippen LogP contribution in [-0.2, 0) is 10.3 Å². The van der Waals surface area contributed by atoms with E-state index in [-0.39, 0.29) is 17.4 Å². The third kappa shape index (κ3) is 2.73. The number of piperidine rings is 1. The molecule has 1 amide bonds. The molecule has 0 bridgehead atoms. The summed E-state index contributed by atoms with van der Waals surface area (Å²) in [6.07, 6.45) is 3.34. The summed E-state index contributed by atoms with van der Waals surface area (Å²) in [5, 5.41) is 7.62. The van der Waals surface area contributed by atoms with Crippen LogP contribution in [0.25, 0.3) is 0 Å². The van der Waals surface area contributed by atoms with E-state index in [1.165, 1.54) is 4.88 Å². The van der Waals surface area contributed by atoms with Gasteiger partial charge in [-0.2, -0.15) is 0 Å². The molecule has 4 nitrogen and oxygen atoms in total. The summed E-state index contributed by atoms with van der Waals surface area (Å²) >= 11 is 1.69. The van der Waals surface area contributed by atoms with Gasteiger partial charge in [0, 0.05) is 10.8 Å². The summed E-state index contributed by atoms with van der Waals surface area (Å²) < 4.78 is 0. The van der Waals surface area contributed by atoms with Gasteiger partial charge in [-0.3, -0.25) is 4.79 Å². The van der Waals surface area contributed by atoms with Crippen molar-refractivity contribution in [3.63, 3.8) is 0 Å². The lowest BCUT2D eigenvalue weighted by atomic mass is 9.91. The van der Waals surface area contributed by atoms with Gasteiger partial charge in [-0.15, -0.1) is 11.3 Å². The summed E-state index contributed by atoms with van der Waals surface area (Å²) in [6.45, 7) is 10.3. The van der Waals surface area contributed by atoms with E-state index in [1.807, 2.05) is 6.92 Å². The lowest BCUT2D eigenvalue weighted by Gasteiger charge is -2.27. The molecule has 1 atom stereocenters. The van der Waals surface area contributed by atoms with Gasteiger partial charge in [0.2, 0.25) is 5.91 Å². The van der Waals surface area contributed by atoms with E-state index in [0.29, 0.717) is 5.41 Å². The minimum atomic E-state index is -0.378. The smallest absolute Gasteiger partial charge is 0.224 e. The van der Waals surface area contributed by atoms with Crippen LogP contribution >= 0.6 is 11.3 Å². The first-order valence-corrected chi connectivity index (χ1v) is 8.63. The monoisotopic (exact) mass is 307 g/mol. The molecule has 21 heavy (non-hydrogen) atoms. The molecule has 1 aliphatic heterocycles. The van der Waals surface area contributed by atoms with E-state index in [4.69, 9.17) is 0 Å². The average molecular weight is 307 g/mol. The summed E-state index contributed by atoms with van der Waals surface area (Å²) in [7, 11) is 0. The number of nitrogens with zero attached hydrogens (tertiary/aromatic N) is 1. The van der Waals surface area contributed by atoms with Crippen LogP contribution < -0.4 is 10.6 Å². The highest BCUT2D eigenvalue weighted by molar-refractivity contribution is 7.11. The number of nitrogens with one attached hydrogen (secondary N) is 2. The van der Waals surface area contributed by atoms with Crippen molar-refractivity contribution in [1.82, 2.24) is 15.6 Å². The molecule has 0 radical (unpaired) electrons. The number of aromatic nitrogens is 1. The summed E-state index contributed by atoms with van der Waals surface area (Å²) in [6, 6.07) is 0. The van der Waals surface area contributed by atoms with Gasteiger partial charge in [-0.25, -0.2) is 4.98 Å². The van der Waals surface area contributed by atoms with Crippen LogP contribution in [0, 0.1) is 25.2 Å². The van der Waals surface area contributed by atoms with Crippen molar-refractivity contribution in [3.05, 3.63) is 15.6 Å². The van der Waals surface area contributed by atoms with Crippen molar-refractivity contribution >= 4 is 17.2 Å². The first-order valence-electron chi connectivity index (χ1n) is 7.81. The first-order chi connectivity index (χ1) is 9.84. The molecule has 2 aliphatic rings. The standard InChI is InChI=1S/C16H25N3OS/c1-10-11(2)21-14(18-10)15(3,4)19-13(20)12-9-16(12)5-7-17-8-6-16/h12,17H,5-9H2,1-4H3,(H,19,20). The molecule has 2 N–H and O–H groups in total. The Kier molecular flexibility index (Phi) is 3.61. The molecule has 1 spiro atoms. The molecule has 2 fully saturated rings. The Balaban J connectivity index is 1.67. The van der Waals surface area contributed by atoms with Gasteiger partial charge >= 0.3 is 0 Å². The SMILES string of the molecule is Cc1nc(C(C)(C)NC(=O)C2CC23CCNCC3)sc1C. The van der Waals surface area contributed by atoms with Crippen LogP contribution in [0.2, 0.25) is 0 Å². The molecule has 0 aromatic carbocycles. The summed E-state index contributed by atoms with van der Waals surface area (Å²) in [4.78, 5) is 18.4. The van der Waals surface area contributed by atoms with Crippen LogP contribution in [0.15, 0.2) is 0 Å². The maximum absolute atomic E-state index is 12.6. The number of carbonyl (C=O) groups is 1. The van der Waals surface area contributed by atoms with Crippen molar-refractivity contribution in [2.24, 2.45) is 11.3 Å². The highest BCUT2D eigenvalue weighted by Crippen LogP contribution is 2.58. The maximum atomic E-state index is 12.6. The van der Waals surface area contributed by atoms with Crippen LogP contribution in [0.5, 0.6) is 0 Å². The summed E-state index contributed by atoms with van der Waals surface area (Å²) in [5.74, 6) is 0.424. The molecule has 1 unspecified atom stereocenters. The largest absolute Gasteiger partial charge is 0.344 e. The second-order valence-corrected chi connectivity index (χ2v) is 8.35. The van der Waals surface area contributed by atoms with Crippen molar-refractivity contribution in [1.29, 1.82) is 0 Å². The van der Waals surface area contributed by atoms with Crippen molar-refractivity contribution in [2.45, 2.75) is 52.5 Å². The fraction of sp³-hybridized carbons (Fsp3) is 0.750. The van der Waals surface area contributed by atoms with Gasteiger partial charge in [0.05, 0.1) is 11.2 Å². The van der Waals surface area contributed by atoms with Crippen molar-refractivity contribution < 1.29 is 4.79 Å². The van der Waals surface area contributed by atoms with Gasteiger partial charge in [-0.1, -0.05) is 0 Å². The van der Waals surface area contributed by atoms with E-state index >= 15 is 0 Å². The molecular formula is C16H25N3OS. The van der Waals surface area contributed by atoms with Crippen molar-refractivity contribution in [2.75, 3.05) is 13.1 Å². The van der Waals surface area contributed by atoms with Gasteiger partial charge in [-0.05, 0) is 65.5 Å². The Hall–Kier alpha value is -0.940. The van der Waals surface area contributed by atoms with E-state index in [0.717, 1.165) is 43.1 Å². The number of aryl methyl sites for hydroxylation is 2. The third-order valence-corrected chi connectivity index (χ3v) is 6.50. The zero-order chi connectivity index (χ0) is 15.3. The molecule has 1 saturated heterocycles. The fourth-order valence-corrected chi connectivity index (χ4v) is 4.36. The Labute approximate surface area is 130 Å². The lowest BCUT2D eigenvalue weighted by Crippen LogP contribution is -2.43. The average Bonchev–Trinajstić information content (AvgIpc) is 3.00. The molecule has 5 heteroatoms. The van der Waals surface area contributed by atoms with Crippen LogP contribution in [0.4, 0.5) is 0 Å². The minimum Gasteiger partial charge on any atom is -0.344 e. The zero-order valence-electron chi connectivity index (χ0n) is 13.4. The van der Waals surface area contributed by atoms with Crippen LogP contribution in [0.3, 0.4) is 0 Å². The van der Waals surface area contributed by atoms with E-state index in [1.54, 1.807) is 11.3 Å². The van der Waals surface area contributed by atoms with Gasteiger partial charge in [0.1, 0.15) is 5.01 Å². The van der Waals surface area contributed by atoms with Crippen molar-refractivity contribution in [3.8, 4) is 0 Å². The molecule has 3 rings (SSSR count). The number of hydrogen-bond acceptors (Lipinski definition) is 4. The lowest BCUT2D eigenvalue weighted by molar-refractivity contribution is -0.125. The van der Waals surface area contributed by atoms with E-state index in [9.17, 15) is 4.79 Å². The number of carbonyl (C=O) groups excluding carboxylic acids is 1. The summed E-state index contributed by atoms with van der Waals surface area (Å²) in [5.41, 5.74) is 0.982. The Morgan fingerprint density at radius 3 is 2.62 bits per heavy atom. The number of thiazole rings is 1. The quantitative estimate of drug-likeness (QED) is 0.902. The molecule has 2 heterocycles. The predicted octanol–water partition coefficient (Wildman–Crippen LogP) is 2.50. The van der Waals surface area contributed by atoms with Gasteiger partial charge in [0.15, 0.2) is 0 Å². The molecular weight excluding hydrogens is 282 g/mol. The maximum Gasteiger partial charge on any atom is 0.224 e. The topological polar surface area (TPSA) is 54.0 Å². The Morgan fingerprint density at radius 1 is 1.38 bits per heavy atom. The van der Waals surface area contributed by atoms with Gasteiger partial charge in [0.25, 0.3) is 0 Å². The third-order valence-electron chi connectivity index (χ3n) is 5.10. The number of rotatable bonds is 3. The molecule has 1 aliphatic carbocycles. The van der Waals surface area contributed by atoms with Crippen LogP contribution in [0.1, 0.15) is 48.7 Å². The van der Waals surface area contributed by atoms with Gasteiger partial charge < -0.3 is 10.6 Å². The second-order valence-electron chi connectivity index (χ2n) is 7.14. The molecule has 1 aromatic heterocycles. The normalized spacial score (nSPS) is 24.1. The second kappa shape index (κ2) is 5.06. The zero-order valence-corrected chi connectivity index (χ0v) is 14.2. The van der Waals surface area contributed by atoms with E-state index in [2.05, 4.69) is 36.4 Å². The highest BCUT2D eigenvalue weighted by Gasteiger charge is 2.58. The number of hydrogen-bond donors (Lipinski definition) is 2. The highest BCUT2D eigenvalue weighted by atomic mass is 32.1. The van der Waals surface area contributed by atoms with E-state index < -0.39 is 0 Å². The van der Waals surface area contributed by atoms with Crippen LogP contribution in [-0.4, -0.2) is 24.0 Å². The fourth-order valence-electron chi connectivity index (χ4n) is 3.38. The molecule has 116 valence electrons. The number of amides is 1. The minimum absolute atomic E-state index is 0.209. The molecule has 1 saturated carbocycles. The Morgan fingerprint density at radius 2 is 2.05 bits per heavy atom. The Bertz CT molecular complexity index is 538.